The maximum absolute atomic E-state index is 12.5. The zero-order valence-corrected chi connectivity index (χ0v) is 8.66. The highest BCUT2D eigenvalue weighted by Crippen LogP contribution is 2.16. The van der Waals surface area contributed by atoms with Crippen LogP contribution >= 0.6 is 0 Å². The van der Waals surface area contributed by atoms with Crippen LogP contribution in [0.15, 0.2) is 29.2 Å². The van der Waals surface area contributed by atoms with Crippen LogP contribution in [0.25, 0.3) is 0 Å². The van der Waals surface area contributed by atoms with Crippen molar-refractivity contribution in [3.8, 4) is 0 Å². The molecule has 0 aliphatic carbocycles. The summed E-state index contributed by atoms with van der Waals surface area (Å²) in [6.45, 7) is 1.07. The third-order valence-electron chi connectivity index (χ3n) is 1.96. The minimum Gasteiger partial charge on any atom is -0.480 e. The zero-order chi connectivity index (χ0) is 11.6. The fraction of sp³-hybridized carbons (Fsp3) is 0.222. The maximum atomic E-state index is 12.5. The van der Waals surface area contributed by atoms with Gasteiger partial charge in [0, 0.05) is 0 Å². The molecule has 0 radical (unpaired) electrons. The van der Waals surface area contributed by atoms with E-state index < -0.39 is 26.9 Å². The van der Waals surface area contributed by atoms with Gasteiger partial charge in [0.15, 0.2) is 15.1 Å². The zero-order valence-electron chi connectivity index (χ0n) is 7.84. The molecule has 1 N–H and O–H groups in total. The summed E-state index contributed by atoms with van der Waals surface area (Å²) < 4.78 is 35.7. The molecule has 0 unspecified atom stereocenters. The molecule has 15 heavy (non-hydrogen) atoms. The van der Waals surface area contributed by atoms with Gasteiger partial charge in [-0.3, -0.25) is 4.79 Å². The number of carbonyl (C=O) groups is 1. The molecule has 1 aromatic rings. The van der Waals surface area contributed by atoms with Gasteiger partial charge in [-0.2, -0.15) is 0 Å². The molecule has 0 spiro atoms. The second-order valence-corrected chi connectivity index (χ2v) is 5.25. The number of aliphatic carboxylic acids is 1. The Morgan fingerprint density at radius 2 is 1.80 bits per heavy atom. The minimum atomic E-state index is -3.92. The van der Waals surface area contributed by atoms with Gasteiger partial charge in [-0.25, -0.2) is 12.8 Å². The van der Waals surface area contributed by atoms with E-state index in [1.54, 1.807) is 0 Å². The normalized spacial score (nSPS) is 13.5. The van der Waals surface area contributed by atoms with Crippen molar-refractivity contribution in [3.05, 3.63) is 30.1 Å². The van der Waals surface area contributed by atoms with Gasteiger partial charge in [0.1, 0.15) is 5.82 Å². The summed E-state index contributed by atoms with van der Waals surface area (Å²) in [6.07, 6.45) is 0. The molecule has 0 saturated heterocycles. The van der Waals surface area contributed by atoms with Crippen LogP contribution in [0.2, 0.25) is 0 Å². The Morgan fingerprint density at radius 1 is 1.33 bits per heavy atom. The van der Waals surface area contributed by atoms with Crippen LogP contribution in [0.4, 0.5) is 4.39 Å². The van der Waals surface area contributed by atoms with Gasteiger partial charge in [-0.05, 0) is 31.2 Å². The summed E-state index contributed by atoms with van der Waals surface area (Å²) in [5.74, 6) is -2.00. The predicted molar refractivity (Wildman–Crippen MR) is 50.7 cm³/mol. The molecule has 0 aliphatic heterocycles. The van der Waals surface area contributed by atoms with Gasteiger partial charge in [0.2, 0.25) is 0 Å². The van der Waals surface area contributed by atoms with Crippen LogP contribution in [0.3, 0.4) is 0 Å². The van der Waals surface area contributed by atoms with Crippen LogP contribution in [0.5, 0.6) is 0 Å². The van der Waals surface area contributed by atoms with Crippen molar-refractivity contribution in [2.75, 3.05) is 0 Å². The standard InChI is InChI=1S/C9H9FO4S/c1-6(9(11)12)15(13,14)8-4-2-7(10)3-5-8/h2-6H,1H3,(H,11,12)/t6-/m1/s1. The number of carboxylic acids is 1. The summed E-state index contributed by atoms with van der Waals surface area (Å²) in [5, 5.41) is 7.04. The molecule has 0 amide bonds. The van der Waals surface area contributed by atoms with Crippen molar-refractivity contribution in [2.45, 2.75) is 17.1 Å². The van der Waals surface area contributed by atoms with E-state index in [1.807, 2.05) is 0 Å². The van der Waals surface area contributed by atoms with E-state index in [0.29, 0.717) is 0 Å². The van der Waals surface area contributed by atoms with Crippen molar-refractivity contribution in [1.82, 2.24) is 0 Å². The molecule has 1 rings (SSSR count). The highest BCUT2D eigenvalue weighted by Gasteiger charge is 2.29. The SMILES string of the molecule is C[C@H](C(=O)O)S(=O)(=O)c1ccc(F)cc1. The van der Waals surface area contributed by atoms with E-state index in [-0.39, 0.29) is 4.90 Å². The molecule has 6 heteroatoms. The summed E-state index contributed by atoms with van der Waals surface area (Å²) in [4.78, 5) is 10.3. The average Bonchev–Trinajstić information content (AvgIpc) is 2.17. The van der Waals surface area contributed by atoms with Gasteiger partial charge in [-0.1, -0.05) is 0 Å². The van der Waals surface area contributed by atoms with E-state index in [2.05, 4.69) is 0 Å². The number of carboxylic acid groups (broad SMARTS) is 1. The van der Waals surface area contributed by atoms with E-state index in [9.17, 15) is 17.6 Å². The Balaban J connectivity index is 3.17. The monoisotopic (exact) mass is 232 g/mol. The van der Waals surface area contributed by atoms with Crippen molar-refractivity contribution < 1.29 is 22.7 Å². The minimum absolute atomic E-state index is 0.196. The average molecular weight is 232 g/mol. The van der Waals surface area contributed by atoms with Crippen LogP contribution < -0.4 is 0 Å². The molecule has 0 saturated carbocycles. The molecule has 82 valence electrons. The molecule has 0 aromatic heterocycles. The smallest absolute Gasteiger partial charge is 0.321 e. The molecular formula is C9H9FO4S. The van der Waals surface area contributed by atoms with Crippen molar-refractivity contribution in [2.24, 2.45) is 0 Å². The van der Waals surface area contributed by atoms with Gasteiger partial charge >= 0.3 is 5.97 Å². The highest BCUT2D eigenvalue weighted by atomic mass is 32.2. The van der Waals surface area contributed by atoms with E-state index in [4.69, 9.17) is 5.11 Å². The first-order valence-electron chi connectivity index (χ1n) is 4.08. The predicted octanol–water partition coefficient (Wildman–Crippen LogP) is 1.07. The molecule has 4 nitrogen and oxygen atoms in total. The van der Waals surface area contributed by atoms with E-state index in [1.165, 1.54) is 0 Å². The molecular weight excluding hydrogens is 223 g/mol. The van der Waals surface area contributed by atoms with E-state index in [0.717, 1.165) is 31.2 Å². The van der Waals surface area contributed by atoms with Crippen LogP contribution in [-0.2, 0) is 14.6 Å². The summed E-state index contributed by atoms with van der Waals surface area (Å²) in [5.41, 5.74) is 0. The third-order valence-corrected chi connectivity index (χ3v) is 4.02. The molecule has 0 bridgehead atoms. The highest BCUT2D eigenvalue weighted by molar-refractivity contribution is 7.92. The lowest BCUT2D eigenvalue weighted by molar-refractivity contribution is -0.136. The fourth-order valence-electron chi connectivity index (χ4n) is 0.961. The van der Waals surface area contributed by atoms with Gasteiger partial charge in [0.05, 0.1) is 4.90 Å². The Morgan fingerprint density at radius 3 is 2.20 bits per heavy atom. The maximum Gasteiger partial charge on any atom is 0.321 e. The number of benzene rings is 1. The second kappa shape index (κ2) is 3.98. The van der Waals surface area contributed by atoms with E-state index >= 15 is 0 Å². The quantitative estimate of drug-likeness (QED) is 0.791. The lowest BCUT2D eigenvalue weighted by Crippen LogP contribution is -2.26. The molecule has 1 aromatic carbocycles. The van der Waals surface area contributed by atoms with Crippen LogP contribution in [-0.4, -0.2) is 24.7 Å². The summed E-state index contributed by atoms with van der Waals surface area (Å²) in [7, 11) is -3.92. The Labute approximate surface area is 86.3 Å². The first-order valence-corrected chi connectivity index (χ1v) is 5.62. The molecule has 0 aliphatic rings. The van der Waals surface area contributed by atoms with Crippen molar-refractivity contribution in [3.63, 3.8) is 0 Å². The number of rotatable bonds is 3. The van der Waals surface area contributed by atoms with Gasteiger partial charge < -0.3 is 5.11 Å². The number of halogens is 1. The van der Waals surface area contributed by atoms with Crippen molar-refractivity contribution in [1.29, 1.82) is 0 Å². The second-order valence-electron chi connectivity index (χ2n) is 2.98. The summed E-state index contributed by atoms with van der Waals surface area (Å²) >= 11 is 0. The molecule has 0 fully saturated rings. The summed E-state index contributed by atoms with van der Waals surface area (Å²) in [6, 6.07) is 4.04. The lowest BCUT2D eigenvalue weighted by Gasteiger charge is -2.07. The van der Waals surface area contributed by atoms with Crippen molar-refractivity contribution >= 4 is 15.8 Å². The van der Waals surface area contributed by atoms with Crippen LogP contribution in [0, 0.1) is 5.82 Å². The Bertz CT molecular complexity index is 463. The topological polar surface area (TPSA) is 71.4 Å². The molecule has 1 atom stereocenters. The molecule has 0 heterocycles. The third kappa shape index (κ3) is 2.33. The Kier molecular flexibility index (Phi) is 3.09. The fourth-order valence-corrected chi connectivity index (χ4v) is 2.15. The number of hydrogen-bond donors (Lipinski definition) is 1. The largest absolute Gasteiger partial charge is 0.480 e. The first-order chi connectivity index (χ1) is 6.85. The van der Waals surface area contributed by atoms with Gasteiger partial charge in [0.25, 0.3) is 0 Å². The number of sulfone groups is 1. The number of hydrogen-bond acceptors (Lipinski definition) is 3. The lowest BCUT2D eigenvalue weighted by atomic mass is 10.3. The van der Waals surface area contributed by atoms with Gasteiger partial charge in [-0.15, -0.1) is 0 Å². The first kappa shape index (κ1) is 11.6. The Hall–Kier alpha value is -1.43. The van der Waals surface area contributed by atoms with Crippen LogP contribution in [0.1, 0.15) is 6.92 Å².